The molecular weight excluding hydrogens is 274 g/mol. The van der Waals surface area contributed by atoms with Crippen molar-refractivity contribution in [2.45, 2.75) is 44.9 Å². The summed E-state index contributed by atoms with van der Waals surface area (Å²) in [5.41, 5.74) is 0.423. The number of hydrogen-bond acceptors (Lipinski definition) is 3. The van der Waals surface area contributed by atoms with E-state index in [1.165, 1.54) is 0 Å². The maximum Gasteiger partial charge on any atom is 0.0967 e. The van der Waals surface area contributed by atoms with Gasteiger partial charge in [-0.1, -0.05) is 29.8 Å². The van der Waals surface area contributed by atoms with Gasteiger partial charge in [-0.25, -0.2) is 0 Å². The Bertz CT molecular complexity index is 444. The van der Waals surface area contributed by atoms with Crippen molar-refractivity contribution in [2.24, 2.45) is 0 Å². The SMILES string of the molecule is CC1COC(c2ccccc2Cl)CN1CCC(C)(C)O. The molecule has 1 aromatic carbocycles. The average molecular weight is 298 g/mol. The molecule has 0 spiro atoms. The molecule has 0 aliphatic carbocycles. The minimum Gasteiger partial charge on any atom is -0.390 e. The number of morpholine rings is 1. The van der Waals surface area contributed by atoms with Crippen molar-refractivity contribution in [3.63, 3.8) is 0 Å². The lowest BCUT2D eigenvalue weighted by Crippen LogP contribution is -2.46. The van der Waals surface area contributed by atoms with Gasteiger partial charge in [0, 0.05) is 29.7 Å². The molecule has 1 saturated heterocycles. The highest BCUT2D eigenvalue weighted by atomic mass is 35.5. The van der Waals surface area contributed by atoms with E-state index in [0.717, 1.165) is 30.1 Å². The normalized spacial score (nSPS) is 24.9. The van der Waals surface area contributed by atoms with Gasteiger partial charge in [0.15, 0.2) is 0 Å². The van der Waals surface area contributed by atoms with Crippen molar-refractivity contribution < 1.29 is 9.84 Å². The highest BCUT2D eigenvalue weighted by Gasteiger charge is 2.29. The zero-order valence-electron chi connectivity index (χ0n) is 12.5. The fourth-order valence-electron chi connectivity index (χ4n) is 2.46. The van der Waals surface area contributed by atoms with Crippen LogP contribution in [0.3, 0.4) is 0 Å². The second-order valence-corrected chi connectivity index (χ2v) is 6.66. The fourth-order valence-corrected chi connectivity index (χ4v) is 2.72. The summed E-state index contributed by atoms with van der Waals surface area (Å²) in [6, 6.07) is 8.22. The van der Waals surface area contributed by atoms with Gasteiger partial charge in [-0.05, 0) is 33.3 Å². The van der Waals surface area contributed by atoms with E-state index in [4.69, 9.17) is 16.3 Å². The number of benzene rings is 1. The maximum atomic E-state index is 9.88. The van der Waals surface area contributed by atoms with Crippen LogP contribution < -0.4 is 0 Å². The van der Waals surface area contributed by atoms with E-state index < -0.39 is 5.60 Å². The van der Waals surface area contributed by atoms with Crippen LogP contribution >= 0.6 is 11.6 Å². The van der Waals surface area contributed by atoms with Crippen LogP contribution in [0.1, 0.15) is 38.9 Å². The molecule has 0 aromatic heterocycles. The van der Waals surface area contributed by atoms with Crippen LogP contribution in [0.25, 0.3) is 0 Å². The van der Waals surface area contributed by atoms with Gasteiger partial charge in [-0.3, -0.25) is 4.90 Å². The number of ether oxygens (including phenoxy) is 1. The summed E-state index contributed by atoms with van der Waals surface area (Å²) in [4.78, 5) is 2.37. The van der Waals surface area contributed by atoms with Crippen LogP contribution in [0.5, 0.6) is 0 Å². The van der Waals surface area contributed by atoms with Gasteiger partial charge < -0.3 is 9.84 Å². The fraction of sp³-hybridized carbons (Fsp3) is 0.625. The van der Waals surface area contributed by atoms with Crippen molar-refractivity contribution in [1.82, 2.24) is 4.90 Å². The number of nitrogens with zero attached hydrogens (tertiary/aromatic N) is 1. The Morgan fingerprint density at radius 3 is 2.75 bits per heavy atom. The largest absolute Gasteiger partial charge is 0.390 e. The number of aliphatic hydroxyl groups is 1. The Balaban J connectivity index is 2.03. The van der Waals surface area contributed by atoms with Crippen molar-refractivity contribution in [1.29, 1.82) is 0 Å². The molecule has 0 bridgehead atoms. The van der Waals surface area contributed by atoms with Gasteiger partial charge in [-0.15, -0.1) is 0 Å². The topological polar surface area (TPSA) is 32.7 Å². The molecule has 1 aliphatic rings. The van der Waals surface area contributed by atoms with Gasteiger partial charge in [0.2, 0.25) is 0 Å². The van der Waals surface area contributed by atoms with Crippen LogP contribution in [-0.2, 0) is 4.74 Å². The Kier molecular flexibility index (Phi) is 5.08. The van der Waals surface area contributed by atoms with E-state index in [1.54, 1.807) is 0 Å². The zero-order chi connectivity index (χ0) is 14.8. The zero-order valence-corrected chi connectivity index (χ0v) is 13.2. The summed E-state index contributed by atoms with van der Waals surface area (Å²) < 4.78 is 5.93. The van der Waals surface area contributed by atoms with Crippen LogP contribution in [0.2, 0.25) is 5.02 Å². The molecule has 1 fully saturated rings. The predicted molar refractivity (Wildman–Crippen MR) is 82.1 cm³/mol. The first-order valence-corrected chi connectivity index (χ1v) is 7.57. The molecular formula is C16H24ClNO2. The van der Waals surface area contributed by atoms with E-state index in [9.17, 15) is 5.11 Å². The summed E-state index contributed by atoms with van der Waals surface area (Å²) in [6.45, 7) is 8.25. The van der Waals surface area contributed by atoms with Gasteiger partial charge in [0.25, 0.3) is 0 Å². The van der Waals surface area contributed by atoms with Crippen molar-refractivity contribution in [2.75, 3.05) is 19.7 Å². The first-order chi connectivity index (χ1) is 9.37. The second-order valence-electron chi connectivity index (χ2n) is 6.25. The molecule has 1 heterocycles. The Hall–Kier alpha value is -0.610. The lowest BCUT2D eigenvalue weighted by atomic mass is 10.0. The molecule has 0 saturated carbocycles. The molecule has 4 heteroatoms. The Morgan fingerprint density at radius 2 is 2.10 bits per heavy atom. The first kappa shape index (κ1) is 15.8. The summed E-state index contributed by atoms with van der Waals surface area (Å²) >= 11 is 6.25. The molecule has 1 aliphatic heterocycles. The summed E-state index contributed by atoms with van der Waals surface area (Å²) in [7, 11) is 0. The highest BCUT2D eigenvalue weighted by molar-refractivity contribution is 6.31. The van der Waals surface area contributed by atoms with E-state index in [0.29, 0.717) is 12.6 Å². The third kappa shape index (κ3) is 4.19. The number of halogens is 1. The number of rotatable bonds is 4. The quantitative estimate of drug-likeness (QED) is 0.926. The summed E-state index contributed by atoms with van der Waals surface area (Å²) in [5, 5.41) is 10.6. The first-order valence-electron chi connectivity index (χ1n) is 7.19. The molecule has 3 nitrogen and oxygen atoms in total. The van der Waals surface area contributed by atoms with E-state index in [-0.39, 0.29) is 6.10 Å². The molecule has 0 amide bonds. The van der Waals surface area contributed by atoms with Crippen molar-refractivity contribution in [3.8, 4) is 0 Å². The monoisotopic (exact) mass is 297 g/mol. The minimum atomic E-state index is -0.627. The standard InChI is InChI=1S/C16H24ClNO2/c1-12-11-20-15(13-6-4-5-7-14(13)17)10-18(12)9-8-16(2,3)19/h4-7,12,15,19H,8-11H2,1-3H3. The van der Waals surface area contributed by atoms with E-state index >= 15 is 0 Å². The third-order valence-electron chi connectivity index (χ3n) is 3.83. The molecule has 20 heavy (non-hydrogen) atoms. The predicted octanol–water partition coefficient (Wildman–Crippen LogP) is 3.26. The second kappa shape index (κ2) is 6.44. The third-order valence-corrected chi connectivity index (χ3v) is 4.17. The van der Waals surface area contributed by atoms with E-state index in [1.807, 2.05) is 38.1 Å². The molecule has 2 atom stereocenters. The van der Waals surface area contributed by atoms with Crippen LogP contribution in [-0.4, -0.2) is 41.3 Å². The average Bonchev–Trinajstić information content (AvgIpc) is 2.38. The molecule has 1 N–H and O–H groups in total. The lowest BCUT2D eigenvalue weighted by Gasteiger charge is -2.39. The summed E-state index contributed by atoms with van der Waals surface area (Å²) in [5.74, 6) is 0. The maximum absolute atomic E-state index is 9.88. The molecule has 0 radical (unpaired) electrons. The molecule has 2 unspecified atom stereocenters. The Morgan fingerprint density at radius 1 is 1.40 bits per heavy atom. The van der Waals surface area contributed by atoms with Crippen LogP contribution in [0.15, 0.2) is 24.3 Å². The Labute approximate surface area is 126 Å². The smallest absolute Gasteiger partial charge is 0.0967 e. The van der Waals surface area contributed by atoms with Gasteiger partial charge in [0.05, 0.1) is 18.3 Å². The number of hydrogen-bond donors (Lipinski definition) is 1. The van der Waals surface area contributed by atoms with Crippen LogP contribution in [0, 0.1) is 0 Å². The van der Waals surface area contributed by atoms with Gasteiger partial charge in [0.1, 0.15) is 0 Å². The molecule has 1 aromatic rings. The van der Waals surface area contributed by atoms with Crippen molar-refractivity contribution >= 4 is 11.6 Å². The summed E-state index contributed by atoms with van der Waals surface area (Å²) in [6.07, 6.45) is 0.772. The van der Waals surface area contributed by atoms with Crippen LogP contribution in [0.4, 0.5) is 0 Å². The molecule has 2 rings (SSSR count). The van der Waals surface area contributed by atoms with Crippen molar-refractivity contribution in [3.05, 3.63) is 34.9 Å². The highest BCUT2D eigenvalue weighted by Crippen LogP contribution is 2.30. The lowest BCUT2D eigenvalue weighted by molar-refractivity contribution is -0.0666. The van der Waals surface area contributed by atoms with Gasteiger partial charge in [-0.2, -0.15) is 0 Å². The van der Waals surface area contributed by atoms with Gasteiger partial charge >= 0.3 is 0 Å². The minimum absolute atomic E-state index is 0.0155. The van der Waals surface area contributed by atoms with E-state index in [2.05, 4.69) is 11.8 Å². The molecule has 112 valence electrons.